The third-order valence-corrected chi connectivity index (χ3v) is 3.89. The van der Waals surface area contributed by atoms with Crippen LogP contribution in [-0.4, -0.2) is 17.1 Å². The zero-order valence-corrected chi connectivity index (χ0v) is 14.6. The lowest BCUT2D eigenvalue weighted by atomic mass is 10.2. The number of carbonyl (C=O) groups excluding carboxylic acids is 1. The highest BCUT2D eigenvalue weighted by Crippen LogP contribution is 2.35. The second-order valence-corrected chi connectivity index (χ2v) is 5.94. The summed E-state index contributed by atoms with van der Waals surface area (Å²) >= 11 is 17.3. The lowest BCUT2D eigenvalue weighted by Crippen LogP contribution is -2.26. The van der Waals surface area contributed by atoms with E-state index in [-0.39, 0.29) is 23.2 Å². The lowest BCUT2D eigenvalue weighted by Gasteiger charge is -2.15. The van der Waals surface area contributed by atoms with E-state index in [1.807, 2.05) is 0 Å². The molecule has 0 spiro atoms. The van der Waals surface area contributed by atoms with Crippen molar-refractivity contribution in [3.63, 3.8) is 0 Å². The molecule has 0 aliphatic carbocycles. The summed E-state index contributed by atoms with van der Waals surface area (Å²) in [5.41, 5.74) is 6.02. The summed E-state index contributed by atoms with van der Waals surface area (Å²) in [6.45, 7) is 1.41. The highest BCUT2D eigenvalue weighted by Gasteiger charge is 2.22. The molecule has 0 saturated heterocycles. The number of rotatable bonds is 5. The van der Waals surface area contributed by atoms with Gasteiger partial charge in [0.15, 0.2) is 6.10 Å². The fourth-order valence-corrected chi connectivity index (χ4v) is 2.28. The summed E-state index contributed by atoms with van der Waals surface area (Å²) in [6, 6.07) is 6.84. The average molecular weight is 394 g/mol. The summed E-state index contributed by atoms with van der Waals surface area (Å²) < 4.78 is 23.8. The van der Waals surface area contributed by atoms with E-state index in [2.05, 4.69) is 4.98 Å². The Morgan fingerprint density at radius 3 is 2.71 bits per heavy atom. The molecule has 0 aliphatic rings. The van der Waals surface area contributed by atoms with Crippen LogP contribution in [0.2, 0.25) is 15.1 Å². The van der Waals surface area contributed by atoms with Crippen molar-refractivity contribution in [3.05, 3.63) is 50.8 Å². The molecule has 5 nitrogen and oxygen atoms in total. The minimum Gasteiger partial charge on any atom is -0.461 e. The van der Waals surface area contributed by atoms with Crippen LogP contribution in [0.25, 0.3) is 0 Å². The minimum atomic E-state index is -1.09. The van der Waals surface area contributed by atoms with Crippen LogP contribution >= 0.6 is 34.8 Å². The van der Waals surface area contributed by atoms with Crippen molar-refractivity contribution in [1.82, 2.24) is 4.98 Å². The van der Waals surface area contributed by atoms with Crippen LogP contribution in [0.5, 0.6) is 5.88 Å². The Balaban J connectivity index is 2.02. The molecule has 128 valence electrons. The van der Waals surface area contributed by atoms with Gasteiger partial charge in [-0.15, -0.1) is 0 Å². The van der Waals surface area contributed by atoms with Crippen LogP contribution in [0.1, 0.15) is 12.5 Å². The van der Waals surface area contributed by atoms with Gasteiger partial charge < -0.3 is 15.2 Å². The van der Waals surface area contributed by atoms with Crippen LogP contribution in [-0.2, 0) is 16.1 Å². The number of ether oxygens (including phenoxy) is 2. The summed E-state index contributed by atoms with van der Waals surface area (Å²) in [5, 5.41) is -0.0737. The Morgan fingerprint density at radius 2 is 2.04 bits per heavy atom. The van der Waals surface area contributed by atoms with Crippen molar-refractivity contribution in [3.8, 4) is 5.88 Å². The van der Waals surface area contributed by atoms with Crippen LogP contribution in [0.3, 0.4) is 0 Å². The Bertz CT molecular complexity index is 774. The molecule has 1 heterocycles. The smallest absolute Gasteiger partial charge is 0.347 e. The number of carbonyl (C=O) groups is 1. The molecule has 0 aliphatic heterocycles. The largest absolute Gasteiger partial charge is 0.461 e. The molecule has 2 rings (SSSR count). The fourth-order valence-electron chi connectivity index (χ4n) is 1.70. The molecule has 0 amide bonds. The predicted molar refractivity (Wildman–Crippen MR) is 90.0 cm³/mol. The summed E-state index contributed by atoms with van der Waals surface area (Å²) in [7, 11) is 0. The highest BCUT2D eigenvalue weighted by atomic mass is 35.5. The van der Waals surface area contributed by atoms with E-state index in [0.29, 0.717) is 10.6 Å². The monoisotopic (exact) mass is 392 g/mol. The molecule has 2 N–H and O–H groups in total. The first-order valence-electron chi connectivity index (χ1n) is 6.67. The van der Waals surface area contributed by atoms with Gasteiger partial charge in [0.25, 0.3) is 0 Å². The van der Waals surface area contributed by atoms with Crippen LogP contribution in [0.15, 0.2) is 24.3 Å². The molecular formula is C15H12Cl3FN2O3. The summed E-state index contributed by atoms with van der Waals surface area (Å²) in [4.78, 5) is 15.4. The molecule has 1 atom stereocenters. The molecule has 1 aromatic heterocycles. The topological polar surface area (TPSA) is 74.4 Å². The van der Waals surface area contributed by atoms with Crippen molar-refractivity contribution in [2.45, 2.75) is 19.6 Å². The molecule has 2 aromatic rings. The lowest BCUT2D eigenvalue weighted by molar-refractivity contribution is -0.152. The molecule has 1 aromatic carbocycles. The van der Waals surface area contributed by atoms with Crippen molar-refractivity contribution in [1.29, 1.82) is 0 Å². The molecular weight excluding hydrogens is 382 g/mol. The van der Waals surface area contributed by atoms with Crippen LogP contribution in [0.4, 0.5) is 10.1 Å². The number of hydrogen-bond acceptors (Lipinski definition) is 5. The Morgan fingerprint density at radius 1 is 1.33 bits per heavy atom. The van der Waals surface area contributed by atoms with Gasteiger partial charge in [0.2, 0.25) is 11.8 Å². The molecule has 0 fully saturated rings. The summed E-state index contributed by atoms with van der Waals surface area (Å²) in [6.07, 6.45) is -1.09. The number of anilines is 1. The molecule has 24 heavy (non-hydrogen) atoms. The number of nitrogens with two attached hydrogens (primary N) is 1. The Kier molecular flexibility index (Phi) is 6.10. The fraction of sp³-hybridized carbons (Fsp3) is 0.200. The Labute approximate surface area is 152 Å². The number of esters is 1. The Hall–Kier alpha value is -1.76. The van der Waals surface area contributed by atoms with E-state index < -0.39 is 23.0 Å². The van der Waals surface area contributed by atoms with E-state index in [9.17, 15) is 9.18 Å². The average Bonchev–Trinajstić information content (AvgIpc) is 2.55. The van der Waals surface area contributed by atoms with Crippen molar-refractivity contribution < 1.29 is 18.7 Å². The van der Waals surface area contributed by atoms with E-state index in [0.717, 1.165) is 0 Å². The first-order chi connectivity index (χ1) is 11.3. The third-order valence-electron chi connectivity index (χ3n) is 2.93. The maximum absolute atomic E-state index is 13.5. The second-order valence-electron chi connectivity index (χ2n) is 4.75. The zero-order chi connectivity index (χ0) is 17.9. The van der Waals surface area contributed by atoms with Gasteiger partial charge in [-0.25, -0.2) is 4.79 Å². The van der Waals surface area contributed by atoms with Gasteiger partial charge in [0.05, 0.1) is 5.69 Å². The minimum absolute atomic E-state index is 0.00533. The van der Waals surface area contributed by atoms with Crippen molar-refractivity contribution in [2.75, 3.05) is 5.73 Å². The second kappa shape index (κ2) is 7.88. The van der Waals surface area contributed by atoms with Crippen molar-refractivity contribution in [2.24, 2.45) is 0 Å². The van der Waals surface area contributed by atoms with Crippen LogP contribution in [0, 0.1) is 5.95 Å². The van der Waals surface area contributed by atoms with Gasteiger partial charge in [-0.05, 0) is 24.6 Å². The maximum atomic E-state index is 13.5. The van der Waals surface area contributed by atoms with Gasteiger partial charge >= 0.3 is 5.97 Å². The normalized spacial score (nSPS) is 11.9. The van der Waals surface area contributed by atoms with E-state index >= 15 is 0 Å². The molecule has 9 heteroatoms. The molecule has 0 saturated carbocycles. The number of nitrogen functional groups attached to an aromatic ring is 1. The molecule has 0 bridgehead atoms. The predicted octanol–water partition coefficient (Wildman–Crippen LogP) is 4.27. The number of aromatic nitrogens is 1. The zero-order valence-electron chi connectivity index (χ0n) is 12.4. The van der Waals surface area contributed by atoms with E-state index in [4.69, 9.17) is 50.0 Å². The van der Waals surface area contributed by atoms with Gasteiger partial charge in [0, 0.05) is 5.02 Å². The molecule has 0 unspecified atom stereocenters. The first kappa shape index (κ1) is 18.6. The maximum Gasteiger partial charge on any atom is 0.347 e. The van der Waals surface area contributed by atoms with Gasteiger partial charge in [-0.2, -0.15) is 9.37 Å². The van der Waals surface area contributed by atoms with Gasteiger partial charge in [-0.1, -0.05) is 46.9 Å². The van der Waals surface area contributed by atoms with Crippen molar-refractivity contribution >= 4 is 46.5 Å². The van der Waals surface area contributed by atoms with Gasteiger partial charge in [-0.3, -0.25) is 0 Å². The van der Waals surface area contributed by atoms with E-state index in [1.54, 1.807) is 24.3 Å². The molecule has 0 radical (unpaired) electrons. The standard InChI is InChI=1S/C15H12Cl3FN2O3/c1-7(15(22)23-6-8-3-2-4-9(16)5-8)24-14-11(18)12(20)10(17)13(19)21-14/h2-5,7H,6H2,1H3,(H2,20,21)/t7-/m1/s1. The first-order valence-corrected chi connectivity index (χ1v) is 7.80. The summed E-state index contributed by atoms with van der Waals surface area (Å²) in [5.74, 6) is -2.09. The number of hydrogen-bond donors (Lipinski definition) is 1. The number of benzene rings is 1. The number of nitrogens with zero attached hydrogens (tertiary/aromatic N) is 1. The van der Waals surface area contributed by atoms with Crippen LogP contribution < -0.4 is 10.5 Å². The SMILES string of the molecule is C[C@@H](Oc1nc(F)c(Cl)c(N)c1Cl)C(=O)OCc1cccc(Cl)c1. The highest BCUT2D eigenvalue weighted by molar-refractivity contribution is 6.39. The van der Waals surface area contributed by atoms with Gasteiger partial charge in [0.1, 0.15) is 16.7 Å². The third kappa shape index (κ3) is 4.41. The number of halogens is 4. The van der Waals surface area contributed by atoms with E-state index in [1.165, 1.54) is 6.92 Å². The number of pyridine rings is 1. The quantitative estimate of drug-likeness (QED) is 0.606.